The van der Waals surface area contributed by atoms with Crippen LogP contribution in [-0.2, 0) is 7.05 Å². The Bertz CT molecular complexity index is 837. The second-order valence-electron chi connectivity index (χ2n) is 4.92. The molecule has 0 fully saturated rings. The number of halogens is 1. The normalized spacial score (nSPS) is 10.6. The van der Waals surface area contributed by atoms with Gasteiger partial charge in [0.05, 0.1) is 16.9 Å². The summed E-state index contributed by atoms with van der Waals surface area (Å²) in [5.41, 5.74) is 1.52. The van der Waals surface area contributed by atoms with Gasteiger partial charge in [-0.1, -0.05) is 35.1 Å². The van der Waals surface area contributed by atoms with Crippen molar-refractivity contribution in [2.24, 2.45) is 7.05 Å². The molecule has 23 heavy (non-hydrogen) atoms. The molecule has 0 spiro atoms. The summed E-state index contributed by atoms with van der Waals surface area (Å²) in [5.74, 6) is 0.434. The third kappa shape index (κ3) is 3.52. The molecule has 2 N–H and O–H groups in total. The zero-order valence-corrected chi connectivity index (χ0v) is 14.1. The molecule has 0 saturated carbocycles. The van der Waals surface area contributed by atoms with Crippen molar-refractivity contribution < 1.29 is 4.79 Å². The van der Waals surface area contributed by atoms with Gasteiger partial charge in [0, 0.05) is 19.3 Å². The first-order valence-corrected chi connectivity index (χ1v) is 8.01. The lowest BCUT2D eigenvalue weighted by Crippen LogP contribution is -2.11. The molecule has 1 aromatic carbocycles. The number of amides is 1. The molecular formula is C15H14ClN5OS. The van der Waals surface area contributed by atoms with Crippen LogP contribution in [-0.4, -0.2) is 20.7 Å². The summed E-state index contributed by atoms with van der Waals surface area (Å²) in [7, 11) is 1.83. The summed E-state index contributed by atoms with van der Waals surface area (Å²) in [6, 6.07) is 7.30. The van der Waals surface area contributed by atoms with E-state index in [4.69, 9.17) is 11.6 Å². The van der Waals surface area contributed by atoms with E-state index in [0.29, 0.717) is 26.5 Å². The minimum Gasteiger partial charge on any atom is -0.320 e. The second kappa shape index (κ2) is 6.39. The summed E-state index contributed by atoms with van der Waals surface area (Å²) in [5, 5.41) is 11.2. The van der Waals surface area contributed by atoms with E-state index in [0.717, 1.165) is 5.56 Å². The van der Waals surface area contributed by atoms with E-state index in [9.17, 15) is 4.79 Å². The minimum absolute atomic E-state index is 0.243. The van der Waals surface area contributed by atoms with E-state index >= 15 is 0 Å². The number of nitrogens with one attached hydrogen (secondary N) is 2. The van der Waals surface area contributed by atoms with Crippen LogP contribution in [0.15, 0.2) is 36.7 Å². The van der Waals surface area contributed by atoms with Crippen LogP contribution in [0.25, 0.3) is 0 Å². The Balaban J connectivity index is 1.73. The van der Waals surface area contributed by atoms with Gasteiger partial charge in [-0.3, -0.25) is 9.48 Å². The highest BCUT2D eigenvalue weighted by molar-refractivity contribution is 7.17. The fourth-order valence-electron chi connectivity index (χ4n) is 1.99. The molecule has 6 nitrogen and oxygen atoms in total. The van der Waals surface area contributed by atoms with Crippen LogP contribution in [0.4, 0.5) is 16.6 Å². The number of hydrogen-bond acceptors (Lipinski definition) is 5. The Hall–Kier alpha value is -2.38. The molecular weight excluding hydrogens is 334 g/mol. The monoisotopic (exact) mass is 347 g/mol. The van der Waals surface area contributed by atoms with Crippen molar-refractivity contribution in [2.45, 2.75) is 6.92 Å². The van der Waals surface area contributed by atoms with Crippen LogP contribution < -0.4 is 10.6 Å². The summed E-state index contributed by atoms with van der Waals surface area (Å²) >= 11 is 7.38. The van der Waals surface area contributed by atoms with E-state index in [1.165, 1.54) is 17.5 Å². The Morgan fingerprint density at radius 2 is 2.17 bits per heavy atom. The van der Waals surface area contributed by atoms with Crippen molar-refractivity contribution in [3.8, 4) is 0 Å². The standard InChI is InChI=1S/C15H14ClN5OS/c1-9-4-3-5-10(16)13(9)19-14(22)11-8-17-15(23-11)18-12-6-7-21(2)20-12/h3-8H,1-2H3,(H,19,22)(H,17,18,20). The van der Waals surface area contributed by atoms with Crippen LogP contribution in [0.2, 0.25) is 5.02 Å². The van der Waals surface area contributed by atoms with Gasteiger partial charge in [0.25, 0.3) is 5.91 Å². The first-order chi connectivity index (χ1) is 11.0. The zero-order chi connectivity index (χ0) is 16.4. The average Bonchev–Trinajstić information content (AvgIpc) is 3.13. The first-order valence-electron chi connectivity index (χ1n) is 6.82. The number of hydrogen-bond donors (Lipinski definition) is 2. The van der Waals surface area contributed by atoms with E-state index in [-0.39, 0.29) is 5.91 Å². The maximum Gasteiger partial charge on any atom is 0.267 e. The zero-order valence-electron chi connectivity index (χ0n) is 12.5. The van der Waals surface area contributed by atoms with E-state index in [2.05, 4.69) is 20.7 Å². The van der Waals surface area contributed by atoms with Crippen molar-refractivity contribution in [2.75, 3.05) is 10.6 Å². The number of rotatable bonds is 4. The van der Waals surface area contributed by atoms with E-state index < -0.39 is 0 Å². The summed E-state index contributed by atoms with van der Waals surface area (Å²) in [4.78, 5) is 17.0. The molecule has 1 amide bonds. The van der Waals surface area contributed by atoms with Gasteiger partial charge in [-0.2, -0.15) is 5.10 Å². The highest BCUT2D eigenvalue weighted by atomic mass is 35.5. The SMILES string of the molecule is Cc1cccc(Cl)c1NC(=O)c1cnc(Nc2ccn(C)n2)s1. The van der Waals surface area contributed by atoms with Crippen molar-refractivity contribution in [3.05, 3.63) is 52.1 Å². The lowest BCUT2D eigenvalue weighted by molar-refractivity contribution is 0.103. The van der Waals surface area contributed by atoms with Crippen LogP contribution in [0.3, 0.4) is 0 Å². The molecule has 0 aliphatic heterocycles. The highest BCUT2D eigenvalue weighted by Gasteiger charge is 2.14. The molecule has 8 heteroatoms. The number of carbonyl (C=O) groups is 1. The largest absolute Gasteiger partial charge is 0.320 e. The van der Waals surface area contributed by atoms with Crippen molar-refractivity contribution >= 4 is 45.5 Å². The van der Waals surface area contributed by atoms with Crippen molar-refractivity contribution in [3.63, 3.8) is 0 Å². The molecule has 0 radical (unpaired) electrons. The predicted molar refractivity (Wildman–Crippen MR) is 92.7 cm³/mol. The smallest absolute Gasteiger partial charge is 0.267 e. The average molecular weight is 348 g/mol. The molecule has 3 aromatic rings. The minimum atomic E-state index is -0.243. The second-order valence-corrected chi connectivity index (χ2v) is 6.35. The van der Waals surface area contributed by atoms with Crippen LogP contribution in [0.5, 0.6) is 0 Å². The maximum atomic E-state index is 12.3. The lowest BCUT2D eigenvalue weighted by atomic mass is 10.2. The lowest BCUT2D eigenvalue weighted by Gasteiger charge is -2.08. The van der Waals surface area contributed by atoms with E-state index in [1.54, 1.807) is 10.7 Å². The van der Waals surface area contributed by atoms with Crippen LogP contribution in [0, 0.1) is 6.92 Å². The van der Waals surface area contributed by atoms with Gasteiger partial charge < -0.3 is 10.6 Å². The number of thiazole rings is 1. The Morgan fingerprint density at radius 3 is 2.87 bits per heavy atom. The molecule has 3 rings (SSSR count). The van der Waals surface area contributed by atoms with Gasteiger partial charge in [0.15, 0.2) is 10.9 Å². The molecule has 0 atom stereocenters. The van der Waals surface area contributed by atoms with Crippen molar-refractivity contribution in [1.82, 2.24) is 14.8 Å². The van der Waals surface area contributed by atoms with E-state index in [1.807, 2.05) is 38.4 Å². The summed E-state index contributed by atoms with van der Waals surface area (Å²) < 4.78 is 1.68. The van der Waals surface area contributed by atoms with Gasteiger partial charge in [-0.25, -0.2) is 4.98 Å². The fourth-order valence-corrected chi connectivity index (χ4v) is 2.98. The molecule has 2 heterocycles. The quantitative estimate of drug-likeness (QED) is 0.752. The molecule has 118 valence electrons. The van der Waals surface area contributed by atoms with Gasteiger partial charge >= 0.3 is 0 Å². The first kappa shape index (κ1) is 15.5. The highest BCUT2D eigenvalue weighted by Crippen LogP contribution is 2.27. The van der Waals surface area contributed by atoms with Crippen LogP contribution in [0.1, 0.15) is 15.2 Å². The molecule has 0 aliphatic carbocycles. The fraction of sp³-hybridized carbons (Fsp3) is 0.133. The Morgan fingerprint density at radius 1 is 1.35 bits per heavy atom. The third-order valence-electron chi connectivity index (χ3n) is 3.14. The molecule has 0 unspecified atom stereocenters. The number of carbonyl (C=O) groups excluding carboxylic acids is 1. The number of aromatic nitrogens is 3. The van der Waals surface area contributed by atoms with Gasteiger partial charge in [0.2, 0.25) is 0 Å². The number of aryl methyl sites for hydroxylation is 2. The predicted octanol–water partition coefficient (Wildman–Crippen LogP) is 3.83. The number of nitrogens with zero attached hydrogens (tertiary/aromatic N) is 3. The van der Waals surface area contributed by atoms with Gasteiger partial charge in [-0.05, 0) is 18.6 Å². The Kier molecular flexibility index (Phi) is 4.31. The number of benzene rings is 1. The molecule has 0 saturated heterocycles. The van der Waals surface area contributed by atoms with Crippen LogP contribution >= 0.6 is 22.9 Å². The molecule has 0 bridgehead atoms. The number of anilines is 3. The van der Waals surface area contributed by atoms with Gasteiger partial charge in [-0.15, -0.1) is 0 Å². The molecule has 2 aromatic heterocycles. The maximum absolute atomic E-state index is 12.3. The van der Waals surface area contributed by atoms with Gasteiger partial charge in [0.1, 0.15) is 4.88 Å². The summed E-state index contributed by atoms with van der Waals surface area (Å²) in [6.45, 7) is 1.89. The third-order valence-corrected chi connectivity index (χ3v) is 4.37. The Labute approximate surface area is 142 Å². The summed E-state index contributed by atoms with van der Waals surface area (Å²) in [6.07, 6.45) is 3.35. The molecule has 0 aliphatic rings. The number of para-hydroxylation sites is 1. The topological polar surface area (TPSA) is 71.8 Å². The van der Waals surface area contributed by atoms with Crippen molar-refractivity contribution in [1.29, 1.82) is 0 Å².